The van der Waals surface area contributed by atoms with Gasteiger partial charge < -0.3 is 5.32 Å². The topological polar surface area (TPSA) is 12.0 Å². The summed E-state index contributed by atoms with van der Waals surface area (Å²) < 4.78 is 40.1. The predicted octanol–water partition coefficient (Wildman–Crippen LogP) is 3.80. The zero-order valence-electron chi connectivity index (χ0n) is 10.6. The van der Waals surface area contributed by atoms with Crippen LogP contribution in [0, 0.1) is 29.3 Å². The standard InChI is InChI=1S/C14H18F3N/c1-8-4-3-5-9(8)14(18-2)10-6-7-11(15)13(17)12(10)16/h6-9,14,18H,3-5H2,1-2H3. The molecule has 0 saturated heterocycles. The summed E-state index contributed by atoms with van der Waals surface area (Å²) in [6.07, 6.45) is 3.20. The molecule has 1 aromatic rings. The quantitative estimate of drug-likeness (QED) is 0.812. The summed E-state index contributed by atoms with van der Waals surface area (Å²) >= 11 is 0. The van der Waals surface area contributed by atoms with Crippen molar-refractivity contribution in [2.45, 2.75) is 32.2 Å². The van der Waals surface area contributed by atoms with Gasteiger partial charge in [-0.3, -0.25) is 0 Å². The molecule has 1 fully saturated rings. The van der Waals surface area contributed by atoms with Gasteiger partial charge in [-0.05, 0) is 31.4 Å². The Bertz CT molecular complexity index is 433. The van der Waals surface area contributed by atoms with E-state index < -0.39 is 17.5 Å². The molecular formula is C14H18F3N. The van der Waals surface area contributed by atoms with Gasteiger partial charge >= 0.3 is 0 Å². The average Bonchev–Trinajstić information content (AvgIpc) is 2.77. The number of hydrogen-bond donors (Lipinski definition) is 1. The lowest BCUT2D eigenvalue weighted by atomic mass is 9.85. The molecule has 0 radical (unpaired) electrons. The van der Waals surface area contributed by atoms with E-state index in [0.29, 0.717) is 5.92 Å². The molecule has 4 heteroatoms. The van der Waals surface area contributed by atoms with Gasteiger partial charge in [0.2, 0.25) is 0 Å². The first-order chi connectivity index (χ1) is 8.56. The van der Waals surface area contributed by atoms with Gasteiger partial charge in [0.05, 0.1) is 0 Å². The first kappa shape index (κ1) is 13.4. The second-order valence-corrected chi connectivity index (χ2v) is 5.10. The fourth-order valence-corrected chi connectivity index (χ4v) is 3.05. The van der Waals surface area contributed by atoms with E-state index in [1.807, 2.05) is 0 Å². The molecule has 1 aliphatic rings. The van der Waals surface area contributed by atoms with Gasteiger partial charge in [0.15, 0.2) is 17.5 Å². The van der Waals surface area contributed by atoms with E-state index in [2.05, 4.69) is 12.2 Å². The molecule has 100 valence electrons. The minimum absolute atomic E-state index is 0.232. The van der Waals surface area contributed by atoms with Crippen molar-refractivity contribution in [3.05, 3.63) is 35.1 Å². The lowest BCUT2D eigenvalue weighted by Gasteiger charge is -2.27. The summed E-state index contributed by atoms with van der Waals surface area (Å²) in [5.74, 6) is -2.83. The molecule has 0 spiro atoms. The highest BCUT2D eigenvalue weighted by atomic mass is 19.2. The first-order valence-corrected chi connectivity index (χ1v) is 6.37. The third-order valence-electron chi connectivity index (χ3n) is 4.07. The summed E-state index contributed by atoms with van der Waals surface area (Å²) in [4.78, 5) is 0. The Morgan fingerprint density at radius 3 is 2.44 bits per heavy atom. The molecule has 18 heavy (non-hydrogen) atoms. The van der Waals surface area contributed by atoms with Crippen LogP contribution in [0.3, 0.4) is 0 Å². The molecular weight excluding hydrogens is 239 g/mol. The minimum Gasteiger partial charge on any atom is -0.313 e. The molecule has 3 atom stereocenters. The summed E-state index contributed by atoms with van der Waals surface area (Å²) in [6.45, 7) is 2.12. The summed E-state index contributed by atoms with van der Waals surface area (Å²) in [6, 6.07) is 2.09. The number of halogens is 3. The molecule has 0 aromatic heterocycles. The van der Waals surface area contributed by atoms with Crippen LogP contribution in [0.4, 0.5) is 13.2 Å². The Labute approximate surface area is 105 Å². The third kappa shape index (κ3) is 2.26. The summed E-state index contributed by atoms with van der Waals surface area (Å²) in [7, 11) is 1.73. The maximum atomic E-state index is 13.8. The maximum Gasteiger partial charge on any atom is 0.194 e. The van der Waals surface area contributed by atoms with Crippen molar-refractivity contribution in [2.75, 3.05) is 7.05 Å². The van der Waals surface area contributed by atoms with E-state index in [1.165, 1.54) is 6.07 Å². The fourth-order valence-electron chi connectivity index (χ4n) is 3.05. The molecule has 2 rings (SSSR count). The van der Waals surface area contributed by atoms with Crippen LogP contribution in [-0.4, -0.2) is 7.05 Å². The van der Waals surface area contributed by atoms with Crippen molar-refractivity contribution in [3.8, 4) is 0 Å². The maximum absolute atomic E-state index is 13.8. The van der Waals surface area contributed by atoms with E-state index in [9.17, 15) is 13.2 Å². The van der Waals surface area contributed by atoms with Gasteiger partial charge in [0.1, 0.15) is 0 Å². The molecule has 1 nitrogen and oxygen atoms in total. The van der Waals surface area contributed by atoms with Gasteiger partial charge in [-0.15, -0.1) is 0 Å². The highest BCUT2D eigenvalue weighted by Crippen LogP contribution is 2.40. The van der Waals surface area contributed by atoms with E-state index in [4.69, 9.17) is 0 Å². The van der Waals surface area contributed by atoms with Gasteiger partial charge in [0, 0.05) is 11.6 Å². The number of rotatable bonds is 3. The van der Waals surface area contributed by atoms with Gasteiger partial charge in [0.25, 0.3) is 0 Å². The second-order valence-electron chi connectivity index (χ2n) is 5.10. The van der Waals surface area contributed by atoms with E-state index in [0.717, 1.165) is 25.3 Å². The number of hydrogen-bond acceptors (Lipinski definition) is 1. The van der Waals surface area contributed by atoms with Crippen LogP contribution in [0.2, 0.25) is 0 Å². The first-order valence-electron chi connectivity index (χ1n) is 6.37. The monoisotopic (exact) mass is 257 g/mol. The van der Waals surface area contributed by atoms with E-state index in [-0.39, 0.29) is 17.5 Å². The normalized spacial score (nSPS) is 25.4. The Morgan fingerprint density at radius 1 is 1.17 bits per heavy atom. The molecule has 1 aliphatic carbocycles. The van der Waals surface area contributed by atoms with Gasteiger partial charge in [-0.1, -0.05) is 25.8 Å². The van der Waals surface area contributed by atoms with Crippen LogP contribution >= 0.6 is 0 Å². The van der Waals surface area contributed by atoms with Crippen LogP contribution in [0.25, 0.3) is 0 Å². The second kappa shape index (κ2) is 5.31. The highest BCUT2D eigenvalue weighted by molar-refractivity contribution is 5.24. The van der Waals surface area contributed by atoms with Crippen LogP contribution in [-0.2, 0) is 0 Å². The number of nitrogens with one attached hydrogen (secondary N) is 1. The minimum atomic E-state index is -1.38. The average molecular weight is 257 g/mol. The Hall–Kier alpha value is -1.03. The molecule has 0 heterocycles. The third-order valence-corrected chi connectivity index (χ3v) is 4.07. The van der Waals surface area contributed by atoms with Gasteiger partial charge in [-0.25, -0.2) is 13.2 Å². The van der Waals surface area contributed by atoms with Crippen LogP contribution in [0.5, 0.6) is 0 Å². The Balaban J connectivity index is 2.36. The molecule has 1 saturated carbocycles. The molecule has 3 unspecified atom stereocenters. The van der Waals surface area contributed by atoms with E-state index >= 15 is 0 Å². The lowest BCUT2D eigenvalue weighted by Crippen LogP contribution is -2.28. The largest absolute Gasteiger partial charge is 0.313 e. The van der Waals surface area contributed by atoms with Crippen molar-refractivity contribution >= 4 is 0 Å². The molecule has 1 aromatic carbocycles. The Morgan fingerprint density at radius 2 is 1.89 bits per heavy atom. The van der Waals surface area contributed by atoms with Crippen molar-refractivity contribution < 1.29 is 13.2 Å². The van der Waals surface area contributed by atoms with Crippen LogP contribution < -0.4 is 5.32 Å². The van der Waals surface area contributed by atoms with Crippen LogP contribution in [0.1, 0.15) is 37.8 Å². The SMILES string of the molecule is CNC(c1ccc(F)c(F)c1F)C1CCCC1C. The fraction of sp³-hybridized carbons (Fsp3) is 0.571. The molecule has 1 N–H and O–H groups in total. The van der Waals surface area contributed by atoms with Gasteiger partial charge in [-0.2, -0.15) is 0 Å². The Kier molecular flexibility index (Phi) is 3.95. The smallest absolute Gasteiger partial charge is 0.194 e. The number of benzene rings is 1. The zero-order chi connectivity index (χ0) is 13.3. The van der Waals surface area contributed by atoms with Crippen molar-refractivity contribution in [1.82, 2.24) is 5.32 Å². The summed E-state index contributed by atoms with van der Waals surface area (Å²) in [5, 5.41) is 3.05. The lowest BCUT2D eigenvalue weighted by molar-refractivity contribution is 0.304. The summed E-state index contributed by atoms with van der Waals surface area (Å²) in [5.41, 5.74) is 0.232. The van der Waals surface area contributed by atoms with E-state index in [1.54, 1.807) is 7.05 Å². The molecule has 0 aliphatic heterocycles. The van der Waals surface area contributed by atoms with Crippen molar-refractivity contribution in [2.24, 2.45) is 11.8 Å². The predicted molar refractivity (Wildman–Crippen MR) is 64.6 cm³/mol. The van der Waals surface area contributed by atoms with Crippen molar-refractivity contribution in [1.29, 1.82) is 0 Å². The molecule has 0 amide bonds. The zero-order valence-corrected chi connectivity index (χ0v) is 10.6. The van der Waals surface area contributed by atoms with Crippen molar-refractivity contribution in [3.63, 3.8) is 0 Å². The highest BCUT2D eigenvalue weighted by Gasteiger charge is 2.33. The van der Waals surface area contributed by atoms with Crippen LogP contribution in [0.15, 0.2) is 12.1 Å². The molecule has 0 bridgehead atoms.